The molecule has 7 nitrogen and oxygen atoms in total. The topological polar surface area (TPSA) is 116 Å². The maximum Gasteiger partial charge on any atom is 0.257 e. The van der Waals surface area contributed by atoms with Crippen LogP contribution in [0, 0.1) is 0 Å². The summed E-state index contributed by atoms with van der Waals surface area (Å²) in [5, 5.41) is 6.31. The summed E-state index contributed by atoms with van der Waals surface area (Å²) < 4.78 is 1.37. The van der Waals surface area contributed by atoms with Crippen molar-refractivity contribution < 1.29 is 9.59 Å². The van der Waals surface area contributed by atoms with Gasteiger partial charge in [0, 0.05) is 7.05 Å². The number of amides is 2. The molecule has 1 rings (SSSR count). The molecule has 1 heterocycles. The van der Waals surface area contributed by atoms with Crippen LogP contribution in [-0.2, 0) is 11.8 Å². The third kappa shape index (κ3) is 2.13. The minimum atomic E-state index is -1.13. The van der Waals surface area contributed by atoms with Gasteiger partial charge >= 0.3 is 0 Å². The Hall–Kier alpha value is -2.05. The van der Waals surface area contributed by atoms with Crippen molar-refractivity contribution >= 4 is 17.6 Å². The van der Waals surface area contributed by atoms with Crippen molar-refractivity contribution in [2.75, 3.05) is 5.73 Å². The van der Waals surface area contributed by atoms with E-state index in [1.807, 2.05) is 0 Å². The number of hydrogen-bond donors (Lipinski definition) is 3. The second kappa shape index (κ2) is 3.84. The molecule has 0 aliphatic rings. The molecule has 16 heavy (non-hydrogen) atoms. The van der Waals surface area contributed by atoms with Crippen molar-refractivity contribution in [1.82, 2.24) is 15.1 Å². The summed E-state index contributed by atoms with van der Waals surface area (Å²) in [6, 6.07) is 0. The van der Waals surface area contributed by atoms with Crippen LogP contribution in [0.1, 0.15) is 24.2 Å². The van der Waals surface area contributed by atoms with Crippen LogP contribution in [0.2, 0.25) is 0 Å². The van der Waals surface area contributed by atoms with E-state index >= 15 is 0 Å². The summed E-state index contributed by atoms with van der Waals surface area (Å²) in [5.74, 6) is -0.865. The lowest BCUT2D eigenvalue weighted by molar-refractivity contribution is -0.122. The van der Waals surface area contributed by atoms with Crippen LogP contribution in [0.5, 0.6) is 0 Å². The van der Waals surface area contributed by atoms with Crippen LogP contribution < -0.4 is 16.8 Å². The predicted octanol–water partition coefficient (Wildman–Crippen LogP) is -1.00. The quantitative estimate of drug-likeness (QED) is 0.611. The number of nitrogens with zero attached hydrogens (tertiary/aromatic N) is 2. The van der Waals surface area contributed by atoms with Gasteiger partial charge in [-0.2, -0.15) is 5.10 Å². The highest BCUT2D eigenvalue weighted by atomic mass is 16.2. The van der Waals surface area contributed by atoms with Crippen LogP contribution in [-0.4, -0.2) is 27.1 Å². The van der Waals surface area contributed by atoms with Crippen LogP contribution in [0.3, 0.4) is 0 Å². The molecule has 0 fully saturated rings. The summed E-state index contributed by atoms with van der Waals surface area (Å²) >= 11 is 0. The molecule has 0 aliphatic heterocycles. The average Bonchev–Trinajstić information content (AvgIpc) is 2.46. The largest absolute Gasteiger partial charge is 0.383 e. The van der Waals surface area contributed by atoms with Gasteiger partial charge < -0.3 is 16.8 Å². The van der Waals surface area contributed by atoms with Gasteiger partial charge in [-0.15, -0.1) is 0 Å². The maximum atomic E-state index is 11.7. The third-order valence-electron chi connectivity index (χ3n) is 2.27. The minimum Gasteiger partial charge on any atom is -0.383 e. The highest BCUT2D eigenvalue weighted by Crippen LogP contribution is 2.11. The first kappa shape index (κ1) is 12.0. The minimum absolute atomic E-state index is 0.219. The standard InChI is InChI=1S/C9H15N5O2/c1-9(2,8(11)16)13-7(15)5-4-12-14(3)6(5)10/h4H,10H2,1-3H3,(H2,11,16)(H,13,15). The van der Waals surface area contributed by atoms with Gasteiger partial charge in [-0.05, 0) is 13.8 Å². The van der Waals surface area contributed by atoms with Crippen LogP contribution in [0.15, 0.2) is 6.20 Å². The van der Waals surface area contributed by atoms with E-state index in [1.54, 1.807) is 7.05 Å². The molecule has 0 unspecified atom stereocenters. The molecule has 0 saturated heterocycles. The number of aromatic nitrogens is 2. The Morgan fingerprint density at radius 2 is 2.06 bits per heavy atom. The lowest BCUT2D eigenvalue weighted by Crippen LogP contribution is -2.53. The number of hydrogen-bond acceptors (Lipinski definition) is 4. The third-order valence-corrected chi connectivity index (χ3v) is 2.27. The second-order valence-corrected chi connectivity index (χ2v) is 4.01. The molecule has 0 aromatic carbocycles. The number of carbonyl (C=O) groups is 2. The van der Waals surface area contributed by atoms with E-state index in [-0.39, 0.29) is 11.4 Å². The molecular formula is C9H15N5O2. The van der Waals surface area contributed by atoms with E-state index < -0.39 is 17.4 Å². The lowest BCUT2D eigenvalue weighted by atomic mass is 10.0. The van der Waals surface area contributed by atoms with Crippen molar-refractivity contribution in [2.45, 2.75) is 19.4 Å². The molecule has 2 amide bonds. The predicted molar refractivity (Wildman–Crippen MR) is 58.4 cm³/mol. The molecule has 0 aliphatic carbocycles. The highest BCUT2D eigenvalue weighted by molar-refractivity contribution is 6.01. The zero-order chi connectivity index (χ0) is 12.5. The molecular weight excluding hydrogens is 210 g/mol. The Morgan fingerprint density at radius 1 is 1.50 bits per heavy atom. The zero-order valence-electron chi connectivity index (χ0n) is 9.44. The molecule has 88 valence electrons. The van der Waals surface area contributed by atoms with E-state index in [0.29, 0.717) is 0 Å². The molecule has 0 bridgehead atoms. The van der Waals surface area contributed by atoms with Gasteiger partial charge in [0.15, 0.2) is 0 Å². The van der Waals surface area contributed by atoms with Gasteiger partial charge in [0.05, 0.1) is 6.20 Å². The SMILES string of the molecule is Cn1ncc(C(=O)NC(C)(C)C(N)=O)c1N. The Morgan fingerprint density at radius 3 is 2.44 bits per heavy atom. The molecule has 0 atom stereocenters. The Bertz CT molecular complexity index is 435. The molecule has 5 N–H and O–H groups in total. The van der Waals surface area contributed by atoms with E-state index in [4.69, 9.17) is 11.5 Å². The maximum absolute atomic E-state index is 11.7. The number of anilines is 1. The molecule has 0 saturated carbocycles. The highest BCUT2D eigenvalue weighted by Gasteiger charge is 2.28. The Labute approximate surface area is 92.8 Å². The molecule has 1 aromatic rings. The first-order valence-electron chi connectivity index (χ1n) is 4.65. The number of primary amides is 1. The fraction of sp³-hybridized carbons (Fsp3) is 0.444. The van der Waals surface area contributed by atoms with E-state index in [0.717, 1.165) is 0 Å². The molecule has 7 heteroatoms. The average molecular weight is 225 g/mol. The van der Waals surface area contributed by atoms with Crippen molar-refractivity contribution in [3.05, 3.63) is 11.8 Å². The summed E-state index contributed by atoms with van der Waals surface area (Å²) in [5.41, 5.74) is 9.85. The van der Waals surface area contributed by atoms with E-state index in [1.165, 1.54) is 24.7 Å². The van der Waals surface area contributed by atoms with Crippen LogP contribution in [0.25, 0.3) is 0 Å². The van der Waals surface area contributed by atoms with Gasteiger partial charge in [0.1, 0.15) is 16.9 Å². The summed E-state index contributed by atoms with van der Waals surface area (Å²) in [6.45, 7) is 3.03. The molecule has 0 spiro atoms. The molecule has 1 aromatic heterocycles. The first-order valence-corrected chi connectivity index (χ1v) is 4.65. The van der Waals surface area contributed by atoms with Crippen LogP contribution >= 0.6 is 0 Å². The number of nitrogens with one attached hydrogen (secondary N) is 1. The number of nitrogen functional groups attached to an aromatic ring is 1. The fourth-order valence-corrected chi connectivity index (χ4v) is 1.03. The molecule has 0 radical (unpaired) electrons. The first-order chi connectivity index (χ1) is 7.25. The van der Waals surface area contributed by atoms with E-state index in [9.17, 15) is 9.59 Å². The fourth-order valence-electron chi connectivity index (χ4n) is 1.03. The van der Waals surface area contributed by atoms with Gasteiger partial charge in [0.25, 0.3) is 5.91 Å². The van der Waals surface area contributed by atoms with E-state index in [2.05, 4.69) is 10.4 Å². The zero-order valence-corrected chi connectivity index (χ0v) is 9.44. The Balaban J connectivity index is 2.89. The smallest absolute Gasteiger partial charge is 0.257 e. The Kier molecular flexibility index (Phi) is 2.88. The van der Waals surface area contributed by atoms with Crippen molar-refractivity contribution in [3.8, 4) is 0 Å². The monoisotopic (exact) mass is 225 g/mol. The van der Waals surface area contributed by atoms with Gasteiger partial charge in [-0.1, -0.05) is 0 Å². The lowest BCUT2D eigenvalue weighted by Gasteiger charge is -2.21. The summed E-state index contributed by atoms with van der Waals surface area (Å²) in [4.78, 5) is 22.8. The van der Waals surface area contributed by atoms with Crippen molar-refractivity contribution in [3.63, 3.8) is 0 Å². The van der Waals surface area contributed by atoms with Crippen molar-refractivity contribution in [2.24, 2.45) is 12.8 Å². The number of nitrogens with two attached hydrogens (primary N) is 2. The number of rotatable bonds is 3. The van der Waals surface area contributed by atoms with Gasteiger partial charge in [-0.25, -0.2) is 0 Å². The summed E-state index contributed by atoms with van der Waals surface area (Å²) in [6.07, 6.45) is 1.34. The van der Waals surface area contributed by atoms with Gasteiger partial charge in [0.2, 0.25) is 5.91 Å². The number of aryl methyl sites for hydroxylation is 1. The normalized spacial score (nSPS) is 11.2. The second-order valence-electron chi connectivity index (χ2n) is 4.01. The van der Waals surface area contributed by atoms with Crippen LogP contribution in [0.4, 0.5) is 5.82 Å². The summed E-state index contributed by atoms with van der Waals surface area (Å²) in [7, 11) is 1.62. The number of carbonyl (C=O) groups excluding carboxylic acids is 2. The van der Waals surface area contributed by atoms with Gasteiger partial charge in [-0.3, -0.25) is 14.3 Å². The van der Waals surface area contributed by atoms with Crippen molar-refractivity contribution in [1.29, 1.82) is 0 Å².